The molecule has 0 saturated carbocycles. The van der Waals surface area contributed by atoms with Crippen LogP contribution in [-0.2, 0) is 15.8 Å². The lowest BCUT2D eigenvalue weighted by atomic mass is 10.1. The molecule has 116 valence electrons. The van der Waals surface area contributed by atoms with Crippen molar-refractivity contribution in [2.24, 2.45) is 0 Å². The molecule has 1 aliphatic heterocycles. The Hall–Kier alpha value is -1.79. The molecule has 0 unspecified atom stereocenters. The Bertz CT molecular complexity index is 750. The van der Waals surface area contributed by atoms with Crippen molar-refractivity contribution in [2.75, 3.05) is 6.54 Å². The molecule has 3 rings (SSSR count). The first-order valence-corrected chi connectivity index (χ1v) is 8.83. The minimum atomic E-state index is -3.58. The Balaban J connectivity index is 1.87. The maximum atomic E-state index is 13.7. The molecule has 2 heterocycles. The van der Waals surface area contributed by atoms with Gasteiger partial charge < -0.3 is 0 Å². The molecule has 4 nitrogen and oxygen atoms in total. The van der Waals surface area contributed by atoms with E-state index in [1.54, 1.807) is 24.4 Å². The molecule has 0 bridgehead atoms. The summed E-state index contributed by atoms with van der Waals surface area (Å²) in [6.45, 7) is 0.456. The SMILES string of the molecule is O=S(=O)(Cc1ccccc1F)N1CCC[C@@H]1c1ccccn1. The predicted octanol–water partition coefficient (Wildman–Crippen LogP) is 2.89. The van der Waals surface area contributed by atoms with E-state index in [-0.39, 0.29) is 17.4 Å². The van der Waals surface area contributed by atoms with Crippen LogP contribution in [0.4, 0.5) is 4.39 Å². The monoisotopic (exact) mass is 320 g/mol. The summed E-state index contributed by atoms with van der Waals surface area (Å²) in [4.78, 5) is 4.27. The molecule has 1 aliphatic rings. The topological polar surface area (TPSA) is 50.3 Å². The van der Waals surface area contributed by atoms with Gasteiger partial charge in [0.15, 0.2) is 0 Å². The predicted molar refractivity (Wildman–Crippen MR) is 81.9 cm³/mol. The molecule has 2 aromatic rings. The van der Waals surface area contributed by atoms with Crippen LogP contribution in [0.2, 0.25) is 0 Å². The summed E-state index contributed by atoms with van der Waals surface area (Å²) in [7, 11) is -3.58. The molecule has 0 spiro atoms. The molecule has 0 aliphatic carbocycles. The third-order valence-corrected chi connectivity index (χ3v) is 5.71. The van der Waals surface area contributed by atoms with E-state index in [1.165, 1.54) is 16.4 Å². The highest BCUT2D eigenvalue weighted by Gasteiger charge is 2.36. The van der Waals surface area contributed by atoms with Crippen molar-refractivity contribution < 1.29 is 12.8 Å². The fourth-order valence-electron chi connectivity index (χ4n) is 2.84. The van der Waals surface area contributed by atoms with Crippen molar-refractivity contribution in [1.29, 1.82) is 0 Å². The molecule has 0 N–H and O–H groups in total. The fraction of sp³-hybridized carbons (Fsp3) is 0.312. The Morgan fingerprint density at radius 2 is 1.95 bits per heavy atom. The summed E-state index contributed by atoms with van der Waals surface area (Å²) in [5.74, 6) is -0.803. The molecule has 1 aromatic carbocycles. The van der Waals surface area contributed by atoms with Crippen molar-refractivity contribution >= 4 is 10.0 Å². The lowest BCUT2D eigenvalue weighted by Gasteiger charge is -2.23. The third kappa shape index (κ3) is 3.03. The number of hydrogen-bond acceptors (Lipinski definition) is 3. The van der Waals surface area contributed by atoms with E-state index in [4.69, 9.17) is 0 Å². The number of nitrogens with zero attached hydrogens (tertiary/aromatic N) is 2. The van der Waals surface area contributed by atoms with Crippen LogP contribution in [-0.4, -0.2) is 24.3 Å². The number of sulfonamides is 1. The van der Waals surface area contributed by atoms with Crippen LogP contribution in [0.15, 0.2) is 48.7 Å². The highest BCUT2D eigenvalue weighted by atomic mass is 32.2. The number of halogens is 1. The molecule has 0 radical (unpaired) electrons. The summed E-state index contributed by atoms with van der Waals surface area (Å²) in [5.41, 5.74) is 0.950. The maximum absolute atomic E-state index is 13.7. The standard InChI is InChI=1S/C16H17FN2O2S/c17-14-7-2-1-6-13(14)12-22(20,21)19-11-5-9-16(19)15-8-3-4-10-18-15/h1-4,6-8,10,16H,5,9,11-12H2/t16-/m1/s1. The van der Waals surface area contributed by atoms with E-state index in [0.717, 1.165) is 18.5 Å². The molecule has 22 heavy (non-hydrogen) atoms. The van der Waals surface area contributed by atoms with Gasteiger partial charge in [0.1, 0.15) is 5.82 Å². The Morgan fingerprint density at radius 3 is 2.68 bits per heavy atom. The second-order valence-corrected chi connectivity index (χ2v) is 7.29. The van der Waals surface area contributed by atoms with Crippen LogP contribution in [0.25, 0.3) is 0 Å². The van der Waals surface area contributed by atoms with Crippen molar-refractivity contribution in [3.63, 3.8) is 0 Å². The second kappa shape index (κ2) is 6.14. The van der Waals surface area contributed by atoms with E-state index in [9.17, 15) is 12.8 Å². The summed E-state index contributed by atoms with van der Waals surface area (Å²) < 4.78 is 40.5. The van der Waals surface area contributed by atoms with Gasteiger partial charge in [-0.3, -0.25) is 4.98 Å². The van der Waals surface area contributed by atoms with E-state index < -0.39 is 15.8 Å². The summed E-state index contributed by atoms with van der Waals surface area (Å²) in [5, 5.41) is 0. The van der Waals surface area contributed by atoms with Crippen molar-refractivity contribution in [1.82, 2.24) is 9.29 Å². The minimum absolute atomic E-state index is 0.203. The van der Waals surface area contributed by atoms with E-state index in [2.05, 4.69) is 4.98 Å². The average Bonchev–Trinajstić information content (AvgIpc) is 3.01. The number of rotatable bonds is 4. The maximum Gasteiger partial charge on any atom is 0.219 e. The number of hydrogen-bond donors (Lipinski definition) is 0. The summed E-state index contributed by atoms with van der Waals surface area (Å²) >= 11 is 0. The zero-order valence-corrected chi connectivity index (χ0v) is 12.8. The molecule has 1 atom stereocenters. The van der Waals surface area contributed by atoms with E-state index in [1.807, 2.05) is 12.1 Å². The van der Waals surface area contributed by atoms with Gasteiger partial charge in [-0.05, 0) is 31.0 Å². The smallest absolute Gasteiger partial charge is 0.219 e. The lowest BCUT2D eigenvalue weighted by Crippen LogP contribution is -2.32. The normalized spacial score (nSPS) is 19.4. The first-order valence-electron chi connectivity index (χ1n) is 7.22. The van der Waals surface area contributed by atoms with Gasteiger partial charge in [0, 0.05) is 18.3 Å². The van der Waals surface area contributed by atoms with Gasteiger partial charge in [-0.15, -0.1) is 0 Å². The molecule has 1 aromatic heterocycles. The first-order chi connectivity index (χ1) is 10.6. The van der Waals surface area contributed by atoms with Crippen LogP contribution in [0.5, 0.6) is 0 Å². The van der Waals surface area contributed by atoms with Crippen LogP contribution in [0.3, 0.4) is 0 Å². The summed E-state index contributed by atoms with van der Waals surface area (Å²) in [6.07, 6.45) is 3.20. The van der Waals surface area contributed by atoms with Gasteiger partial charge in [-0.1, -0.05) is 24.3 Å². The average molecular weight is 320 g/mol. The van der Waals surface area contributed by atoms with Crippen molar-refractivity contribution in [2.45, 2.75) is 24.6 Å². The van der Waals surface area contributed by atoms with E-state index >= 15 is 0 Å². The first kappa shape index (κ1) is 15.1. The number of pyridine rings is 1. The van der Waals surface area contributed by atoms with Crippen LogP contribution in [0, 0.1) is 5.82 Å². The zero-order valence-electron chi connectivity index (χ0n) is 12.0. The van der Waals surface area contributed by atoms with Crippen molar-refractivity contribution in [3.05, 3.63) is 65.7 Å². The Kier molecular flexibility index (Phi) is 4.22. The second-order valence-electron chi connectivity index (χ2n) is 5.37. The van der Waals surface area contributed by atoms with Gasteiger partial charge in [-0.25, -0.2) is 12.8 Å². The van der Waals surface area contributed by atoms with Gasteiger partial charge >= 0.3 is 0 Å². The van der Waals surface area contributed by atoms with Crippen LogP contribution in [0.1, 0.15) is 30.1 Å². The lowest BCUT2D eigenvalue weighted by molar-refractivity contribution is 0.389. The summed E-state index contributed by atoms with van der Waals surface area (Å²) in [6, 6.07) is 11.2. The van der Waals surface area contributed by atoms with Gasteiger partial charge in [0.2, 0.25) is 10.0 Å². The van der Waals surface area contributed by atoms with Crippen LogP contribution >= 0.6 is 0 Å². The molecule has 1 saturated heterocycles. The fourth-order valence-corrected chi connectivity index (χ4v) is 4.64. The van der Waals surface area contributed by atoms with Gasteiger partial charge in [-0.2, -0.15) is 4.31 Å². The van der Waals surface area contributed by atoms with Gasteiger partial charge in [0.05, 0.1) is 17.5 Å². The molecular formula is C16H17FN2O2S. The number of aromatic nitrogens is 1. The molecule has 0 amide bonds. The third-order valence-electron chi connectivity index (χ3n) is 3.89. The zero-order chi connectivity index (χ0) is 15.6. The highest BCUT2D eigenvalue weighted by molar-refractivity contribution is 7.88. The van der Waals surface area contributed by atoms with Gasteiger partial charge in [0.25, 0.3) is 0 Å². The largest absolute Gasteiger partial charge is 0.260 e. The van der Waals surface area contributed by atoms with Crippen LogP contribution < -0.4 is 0 Å². The van der Waals surface area contributed by atoms with E-state index in [0.29, 0.717) is 6.54 Å². The Labute approximate surface area is 129 Å². The van der Waals surface area contributed by atoms with Crippen molar-refractivity contribution in [3.8, 4) is 0 Å². The molecular weight excluding hydrogens is 303 g/mol. The quantitative estimate of drug-likeness (QED) is 0.870. The minimum Gasteiger partial charge on any atom is -0.260 e. The molecule has 1 fully saturated rings. The molecule has 6 heteroatoms. The highest BCUT2D eigenvalue weighted by Crippen LogP contribution is 2.34. The number of benzene rings is 1. The Morgan fingerprint density at radius 1 is 1.18 bits per heavy atom.